The molecule has 0 aliphatic carbocycles. The van der Waals surface area contributed by atoms with Crippen LogP contribution in [0.3, 0.4) is 0 Å². The molecule has 0 saturated heterocycles. The van der Waals surface area contributed by atoms with Crippen molar-refractivity contribution in [2.45, 2.75) is 26.2 Å². The van der Waals surface area contributed by atoms with Gasteiger partial charge in [0, 0.05) is 20.0 Å². The zero-order valence-electron chi connectivity index (χ0n) is 11.2. The van der Waals surface area contributed by atoms with Crippen LogP contribution in [-0.2, 0) is 22.3 Å². The predicted molar refractivity (Wildman–Crippen MR) is 67.2 cm³/mol. The molecule has 6 heteroatoms. The van der Waals surface area contributed by atoms with Gasteiger partial charge in [-0.2, -0.15) is 4.98 Å². The van der Waals surface area contributed by atoms with Crippen LogP contribution < -0.4 is 5.73 Å². The Morgan fingerprint density at radius 3 is 2.83 bits per heavy atom. The van der Waals surface area contributed by atoms with E-state index in [1.165, 1.54) is 0 Å². The lowest BCUT2D eigenvalue weighted by Gasteiger charge is -2.04. The summed E-state index contributed by atoms with van der Waals surface area (Å²) in [7, 11) is 1.65. The van der Waals surface area contributed by atoms with Gasteiger partial charge in [0.25, 0.3) is 0 Å². The number of hydrogen-bond donors (Lipinski definition) is 1. The molecule has 104 valence electrons. The van der Waals surface area contributed by atoms with E-state index in [1.807, 2.05) is 0 Å². The van der Waals surface area contributed by atoms with Crippen molar-refractivity contribution in [2.24, 2.45) is 11.7 Å². The minimum Gasteiger partial charge on any atom is -0.382 e. The number of nitrogens with two attached hydrogens (primary N) is 1. The summed E-state index contributed by atoms with van der Waals surface area (Å²) in [6.45, 7) is 4.58. The minimum atomic E-state index is 0.484. The van der Waals surface area contributed by atoms with Crippen LogP contribution in [0.1, 0.15) is 25.1 Å². The average Bonchev–Trinajstić information content (AvgIpc) is 2.83. The van der Waals surface area contributed by atoms with Gasteiger partial charge in [-0.25, -0.2) is 0 Å². The third-order valence-corrected chi connectivity index (χ3v) is 2.67. The summed E-state index contributed by atoms with van der Waals surface area (Å²) in [6, 6.07) is 0. The molecular weight excluding hydrogens is 234 g/mol. The molecule has 0 saturated carbocycles. The van der Waals surface area contributed by atoms with E-state index < -0.39 is 0 Å². The molecule has 0 aliphatic heterocycles. The van der Waals surface area contributed by atoms with E-state index in [0.29, 0.717) is 50.4 Å². The fourth-order valence-electron chi connectivity index (χ4n) is 1.39. The molecule has 1 aromatic heterocycles. The molecule has 0 bridgehead atoms. The summed E-state index contributed by atoms with van der Waals surface area (Å²) in [5, 5.41) is 3.91. The summed E-state index contributed by atoms with van der Waals surface area (Å²) in [4.78, 5) is 4.30. The highest BCUT2D eigenvalue weighted by atomic mass is 16.5. The van der Waals surface area contributed by atoms with Crippen molar-refractivity contribution in [3.63, 3.8) is 0 Å². The number of ether oxygens (including phenoxy) is 2. The second-order valence-corrected chi connectivity index (χ2v) is 4.34. The highest BCUT2D eigenvalue weighted by Gasteiger charge is 2.08. The molecule has 18 heavy (non-hydrogen) atoms. The van der Waals surface area contributed by atoms with Crippen LogP contribution in [0.15, 0.2) is 4.52 Å². The Hall–Kier alpha value is -0.980. The van der Waals surface area contributed by atoms with E-state index in [-0.39, 0.29) is 0 Å². The molecule has 1 atom stereocenters. The molecule has 6 nitrogen and oxygen atoms in total. The van der Waals surface area contributed by atoms with Crippen LogP contribution in [-0.4, -0.2) is 43.6 Å². The number of hydrogen-bond acceptors (Lipinski definition) is 6. The number of nitrogens with zero attached hydrogens (tertiary/aromatic N) is 2. The number of rotatable bonds is 10. The van der Waals surface area contributed by atoms with Crippen LogP contribution in [0.5, 0.6) is 0 Å². The molecular formula is C12H23N3O3. The predicted octanol–water partition coefficient (Wildman–Crippen LogP) is 0.803. The maximum Gasteiger partial charge on any atom is 0.226 e. The Balaban J connectivity index is 2.17. The fraction of sp³-hybridized carbons (Fsp3) is 0.833. The first-order valence-electron chi connectivity index (χ1n) is 6.34. The van der Waals surface area contributed by atoms with Crippen molar-refractivity contribution >= 4 is 0 Å². The van der Waals surface area contributed by atoms with E-state index in [0.717, 1.165) is 12.8 Å². The van der Waals surface area contributed by atoms with Crippen LogP contribution >= 0.6 is 0 Å². The number of methoxy groups -OCH3 is 1. The van der Waals surface area contributed by atoms with Gasteiger partial charge < -0.3 is 19.7 Å². The Kier molecular flexibility index (Phi) is 7.55. The van der Waals surface area contributed by atoms with Crippen molar-refractivity contribution < 1.29 is 14.0 Å². The monoisotopic (exact) mass is 257 g/mol. The summed E-state index contributed by atoms with van der Waals surface area (Å²) < 4.78 is 15.4. The van der Waals surface area contributed by atoms with Gasteiger partial charge in [0.1, 0.15) is 0 Å². The Morgan fingerprint density at radius 1 is 1.28 bits per heavy atom. The summed E-state index contributed by atoms with van der Waals surface area (Å²) in [5.41, 5.74) is 5.55. The van der Waals surface area contributed by atoms with Crippen LogP contribution in [0.2, 0.25) is 0 Å². The van der Waals surface area contributed by atoms with Gasteiger partial charge in [0.05, 0.1) is 19.8 Å². The van der Waals surface area contributed by atoms with E-state index in [9.17, 15) is 0 Å². The maximum absolute atomic E-state index is 5.55. The molecule has 0 aliphatic rings. The van der Waals surface area contributed by atoms with Gasteiger partial charge in [0.15, 0.2) is 5.82 Å². The highest BCUT2D eigenvalue weighted by Crippen LogP contribution is 2.07. The normalized spacial score (nSPS) is 12.8. The quantitative estimate of drug-likeness (QED) is 0.624. The summed E-state index contributed by atoms with van der Waals surface area (Å²) in [5.74, 6) is 1.86. The Labute approximate surface area is 108 Å². The van der Waals surface area contributed by atoms with E-state index in [4.69, 9.17) is 19.7 Å². The van der Waals surface area contributed by atoms with Crippen molar-refractivity contribution in [2.75, 3.05) is 33.5 Å². The van der Waals surface area contributed by atoms with Crippen LogP contribution in [0.25, 0.3) is 0 Å². The van der Waals surface area contributed by atoms with Gasteiger partial charge in [-0.1, -0.05) is 12.1 Å². The second-order valence-electron chi connectivity index (χ2n) is 4.34. The van der Waals surface area contributed by atoms with Gasteiger partial charge in [0.2, 0.25) is 5.89 Å². The average molecular weight is 257 g/mol. The first kappa shape index (κ1) is 15.1. The maximum atomic E-state index is 5.55. The number of aryl methyl sites for hydroxylation is 1. The molecule has 1 rings (SSSR count). The van der Waals surface area contributed by atoms with Crippen molar-refractivity contribution in [3.05, 3.63) is 11.7 Å². The fourth-order valence-corrected chi connectivity index (χ4v) is 1.39. The molecule has 1 unspecified atom stereocenters. The molecule has 2 N–H and O–H groups in total. The topological polar surface area (TPSA) is 83.4 Å². The minimum absolute atomic E-state index is 0.484. The van der Waals surface area contributed by atoms with E-state index in [1.54, 1.807) is 7.11 Å². The first-order chi connectivity index (χ1) is 8.76. The zero-order valence-corrected chi connectivity index (χ0v) is 11.2. The third kappa shape index (κ3) is 6.09. The van der Waals surface area contributed by atoms with Gasteiger partial charge >= 0.3 is 0 Å². The Morgan fingerprint density at radius 2 is 2.11 bits per heavy atom. The molecule has 1 heterocycles. The first-order valence-corrected chi connectivity index (χ1v) is 6.34. The molecule has 0 radical (unpaired) electrons. The second kappa shape index (κ2) is 9.02. The van der Waals surface area contributed by atoms with Crippen LogP contribution in [0.4, 0.5) is 0 Å². The third-order valence-electron chi connectivity index (χ3n) is 2.67. The molecule has 0 aromatic carbocycles. The summed E-state index contributed by atoms with van der Waals surface area (Å²) >= 11 is 0. The molecule has 0 fully saturated rings. The standard InChI is InChI=1S/C12H23N3O3/c1-10(9-13)3-4-12-14-11(15-18-12)5-6-17-8-7-16-2/h10H,3-9,13H2,1-2H3. The van der Waals surface area contributed by atoms with Gasteiger partial charge in [-0.3, -0.25) is 0 Å². The van der Waals surface area contributed by atoms with Crippen molar-refractivity contribution in [3.8, 4) is 0 Å². The van der Waals surface area contributed by atoms with Crippen LogP contribution in [0, 0.1) is 5.92 Å². The van der Waals surface area contributed by atoms with Crippen molar-refractivity contribution in [1.82, 2.24) is 10.1 Å². The lowest BCUT2D eigenvalue weighted by atomic mass is 10.1. The molecule has 0 amide bonds. The van der Waals surface area contributed by atoms with Gasteiger partial charge in [-0.05, 0) is 18.9 Å². The molecule has 1 aromatic rings. The van der Waals surface area contributed by atoms with Crippen molar-refractivity contribution in [1.29, 1.82) is 0 Å². The smallest absolute Gasteiger partial charge is 0.226 e. The SMILES string of the molecule is COCCOCCc1noc(CCC(C)CN)n1. The number of aromatic nitrogens is 2. The largest absolute Gasteiger partial charge is 0.382 e. The van der Waals surface area contributed by atoms with E-state index >= 15 is 0 Å². The molecule has 0 spiro atoms. The zero-order chi connectivity index (χ0) is 13.2. The Bertz CT molecular complexity index is 317. The lowest BCUT2D eigenvalue weighted by Crippen LogP contribution is -2.11. The highest BCUT2D eigenvalue weighted by molar-refractivity contribution is 4.87. The van der Waals surface area contributed by atoms with E-state index in [2.05, 4.69) is 17.1 Å². The lowest BCUT2D eigenvalue weighted by molar-refractivity contribution is 0.0714. The van der Waals surface area contributed by atoms with Gasteiger partial charge in [-0.15, -0.1) is 0 Å². The summed E-state index contributed by atoms with van der Waals surface area (Å²) in [6.07, 6.45) is 2.43.